The van der Waals surface area contributed by atoms with Crippen molar-refractivity contribution < 1.29 is 23.6 Å². The van der Waals surface area contributed by atoms with Crippen LogP contribution in [0.1, 0.15) is 45.0 Å². The van der Waals surface area contributed by atoms with Crippen LogP contribution < -0.4 is 11.2 Å². The summed E-state index contributed by atoms with van der Waals surface area (Å²) in [7, 11) is -0.519. The van der Waals surface area contributed by atoms with Crippen molar-refractivity contribution in [1.29, 1.82) is 0 Å². The van der Waals surface area contributed by atoms with Crippen LogP contribution in [0.25, 0.3) is 10.9 Å². The lowest BCUT2D eigenvalue weighted by atomic mass is 9.78. The predicted octanol–water partition coefficient (Wildman–Crippen LogP) is 1.85. The molecule has 1 atom stereocenters. The highest BCUT2D eigenvalue weighted by atomic mass is 16.7. The van der Waals surface area contributed by atoms with Gasteiger partial charge in [-0.15, -0.1) is 0 Å². The zero-order valence-corrected chi connectivity index (χ0v) is 17.0. The third kappa shape index (κ3) is 4.08. The van der Waals surface area contributed by atoms with Crippen molar-refractivity contribution >= 4 is 35.4 Å². The summed E-state index contributed by atoms with van der Waals surface area (Å²) in [5, 5.41) is 0.659. The van der Waals surface area contributed by atoms with Gasteiger partial charge in [0, 0.05) is 17.1 Å². The quantitative estimate of drug-likeness (QED) is 0.604. The van der Waals surface area contributed by atoms with Crippen LogP contribution in [0, 0.1) is 5.92 Å². The summed E-state index contributed by atoms with van der Waals surface area (Å²) in [6, 6.07) is 5.56. The number of carbonyl (C=O) groups excluding carboxylic acids is 2. The summed E-state index contributed by atoms with van der Waals surface area (Å²) in [5.41, 5.74) is 7.03. The zero-order chi connectivity index (χ0) is 20.6. The molecular formula is C20H27BN2O5. The van der Waals surface area contributed by atoms with Gasteiger partial charge in [0.2, 0.25) is 0 Å². The summed E-state index contributed by atoms with van der Waals surface area (Å²) in [6.45, 7) is 10.2. The first-order valence-electron chi connectivity index (χ1n) is 9.50. The van der Waals surface area contributed by atoms with Gasteiger partial charge in [-0.05, 0) is 38.2 Å². The summed E-state index contributed by atoms with van der Waals surface area (Å²) in [4.78, 5) is 24.1. The van der Waals surface area contributed by atoms with Gasteiger partial charge in [-0.1, -0.05) is 26.0 Å². The number of esters is 1. The molecule has 7 nitrogen and oxygen atoms in total. The number of primary amides is 1. The molecule has 1 aromatic heterocycles. The van der Waals surface area contributed by atoms with E-state index in [1.54, 1.807) is 10.8 Å². The van der Waals surface area contributed by atoms with Crippen molar-refractivity contribution in [2.45, 2.75) is 52.9 Å². The van der Waals surface area contributed by atoms with Crippen LogP contribution in [-0.4, -0.2) is 41.9 Å². The van der Waals surface area contributed by atoms with E-state index in [4.69, 9.17) is 19.8 Å². The second-order valence-corrected chi connectivity index (χ2v) is 8.22. The first kappa shape index (κ1) is 20.4. The van der Waals surface area contributed by atoms with Crippen LogP contribution in [0.2, 0.25) is 0 Å². The third-order valence-corrected chi connectivity index (χ3v) is 5.04. The van der Waals surface area contributed by atoms with Crippen molar-refractivity contribution in [3.63, 3.8) is 0 Å². The Hall–Kier alpha value is -2.32. The van der Waals surface area contributed by atoms with Gasteiger partial charge in [-0.2, -0.15) is 0 Å². The fourth-order valence-corrected chi connectivity index (χ4v) is 3.13. The van der Waals surface area contributed by atoms with E-state index in [9.17, 15) is 9.59 Å². The Labute approximate surface area is 165 Å². The fourth-order valence-electron chi connectivity index (χ4n) is 3.13. The van der Waals surface area contributed by atoms with Crippen molar-refractivity contribution in [3.8, 4) is 0 Å². The van der Waals surface area contributed by atoms with E-state index in [1.807, 2.05) is 52.8 Å². The van der Waals surface area contributed by atoms with E-state index in [2.05, 4.69) is 0 Å². The van der Waals surface area contributed by atoms with E-state index < -0.39 is 18.6 Å². The maximum Gasteiger partial charge on any atom is 0.494 e. The molecule has 1 aromatic carbocycles. The first-order valence-corrected chi connectivity index (χ1v) is 9.50. The largest absolute Gasteiger partial charge is 0.494 e. The van der Waals surface area contributed by atoms with Gasteiger partial charge in [0.25, 0.3) is 5.91 Å². The molecule has 0 saturated carbocycles. The molecule has 1 aliphatic heterocycles. The number of hydrogen-bond donors (Lipinski definition) is 1. The molecule has 1 unspecified atom stereocenters. The van der Waals surface area contributed by atoms with E-state index in [0.717, 1.165) is 11.0 Å². The highest BCUT2D eigenvalue weighted by molar-refractivity contribution is 6.62. The maximum absolute atomic E-state index is 12.1. The third-order valence-electron chi connectivity index (χ3n) is 5.04. The number of fused-ring (bicyclic) bond motifs is 1. The van der Waals surface area contributed by atoms with Crippen LogP contribution in [0.4, 0.5) is 0 Å². The Morgan fingerprint density at radius 1 is 1.36 bits per heavy atom. The lowest BCUT2D eigenvalue weighted by Crippen LogP contribution is -2.34. The number of ether oxygens (including phenoxy) is 1. The summed E-state index contributed by atoms with van der Waals surface area (Å²) in [5.74, 6) is -0.658. The van der Waals surface area contributed by atoms with E-state index in [-0.39, 0.29) is 24.5 Å². The molecule has 2 heterocycles. The molecule has 1 amide bonds. The number of carbonyl (C=O) groups is 2. The Bertz CT molecular complexity index is 905. The number of amides is 1. The van der Waals surface area contributed by atoms with E-state index in [1.165, 1.54) is 0 Å². The minimum Gasteiger partial charge on any atom is -0.464 e. The minimum atomic E-state index is -0.557. The molecule has 0 spiro atoms. The molecule has 1 saturated heterocycles. The Balaban J connectivity index is 1.92. The monoisotopic (exact) mass is 386 g/mol. The average Bonchev–Trinajstić information content (AvgIpc) is 3.10. The Morgan fingerprint density at radius 3 is 2.64 bits per heavy atom. The molecular weight excluding hydrogens is 359 g/mol. The number of nitrogens with two attached hydrogens (primary N) is 1. The van der Waals surface area contributed by atoms with Crippen LogP contribution in [0.5, 0.6) is 0 Å². The second-order valence-electron chi connectivity index (χ2n) is 8.22. The van der Waals surface area contributed by atoms with Gasteiger partial charge in [0.15, 0.2) is 0 Å². The van der Waals surface area contributed by atoms with Gasteiger partial charge < -0.3 is 24.3 Å². The number of benzene rings is 1. The smallest absolute Gasteiger partial charge is 0.464 e. The molecule has 0 radical (unpaired) electrons. The molecule has 3 rings (SSSR count). The lowest BCUT2D eigenvalue weighted by molar-refractivity contribution is -0.145. The predicted molar refractivity (Wildman–Crippen MR) is 107 cm³/mol. The Kier molecular flexibility index (Phi) is 5.54. The van der Waals surface area contributed by atoms with Crippen LogP contribution in [0.3, 0.4) is 0 Å². The zero-order valence-electron chi connectivity index (χ0n) is 17.0. The first-order chi connectivity index (χ1) is 13.1. The van der Waals surface area contributed by atoms with E-state index in [0.29, 0.717) is 17.6 Å². The molecule has 1 aliphatic rings. The summed E-state index contributed by atoms with van der Waals surface area (Å²) in [6.07, 6.45) is 1.53. The lowest BCUT2D eigenvalue weighted by Gasteiger charge is -2.21. The molecule has 150 valence electrons. The van der Waals surface area contributed by atoms with Gasteiger partial charge in [-0.3, -0.25) is 9.59 Å². The molecule has 8 heteroatoms. The molecule has 2 N–H and O–H groups in total. The normalized spacial score (nSPS) is 18.8. The van der Waals surface area contributed by atoms with Crippen LogP contribution in [0.15, 0.2) is 24.4 Å². The molecule has 28 heavy (non-hydrogen) atoms. The van der Waals surface area contributed by atoms with Gasteiger partial charge >= 0.3 is 13.1 Å². The van der Waals surface area contributed by atoms with Gasteiger partial charge in [0.05, 0.1) is 23.9 Å². The minimum absolute atomic E-state index is 0.0103. The second kappa shape index (κ2) is 7.60. The van der Waals surface area contributed by atoms with Crippen molar-refractivity contribution in [2.24, 2.45) is 11.7 Å². The maximum atomic E-state index is 12.1. The van der Waals surface area contributed by atoms with Gasteiger partial charge in [0.1, 0.15) is 6.54 Å². The molecule has 0 bridgehead atoms. The van der Waals surface area contributed by atoms with E-state index >= 15 is 0 Å². The molecule has 1 fully saturated rings. The fraction of sp³-hybridized carbons (Fsp3) is 0.500. The van der Waals surface area contributed by atoms with Gasteiger partial charge in [-0.25, -0.2) is 0 Å². The summed E-state index contributed by atoms with van der Waals surface area (Å²) >= 11 is 0. The number of nitrogens with zero attached hydrogens (tertiary/aromatic N) is 1. The average molecular weight is 386 g/mol. The number of hydrogen-bond acceptors (Lipinski definition) is 5. The SMILES string of the molecule is CC(C)COC(=O)Cn1cc(C(N)=O)c2cc(B3OC(C)C(C)(C)O3)ccc21. The van der Waals surface area contributed by atoms with Crippen LogP contribution >= 0.6 is 0 Å². The number of aromatic nitrogens is 1. The van der Waals surface area contributed by atoms with Crippen molar-refractivity contribution in [3.05, 3.63) is 30.0 Å². The van der Waals surface area contributed by atoms with Crippen molar-refractivity contribution in [1.82, 2.24) is 4.57 Å². The standard InChI is InChI=1S/C20H27BN2O5/c1-12(2)11-26-18(24)10-23-9-16(19(22)25)15-8-14(6-7-17(15)23)21-27-13(3)20(4,5)28-21/h6-9,12-13H,10-11H2,1-5H3,(H2,22,25). The van der Waals surface area contributed by atoms with Crippen molar-refractivity contribution in [2.75, 3.05) is 6.61 Å². The van der Waals surface area contributed by atoms with Crippen LogP contribution in [-0.2, 0) is 25.4 Å². The highest BCUT2D eigenvalue weighted by Gasteiger charge is 2.44. The topological polar surface area (TPSA) is 92.8 Å². The summed E-state index contributed by atoms with van der Waals surface area (Å²) < 4.78 is 18.9. The molecule has 2 aromatic rings. The Morgan fingerprint density at radius 2 is 2.07 bits per heavy atom. The molecule has 0 aliphatic carbocycles. The number of rotatable bonds is 6. The highest BCUT2D eigenvalue weighted by Crippen LogP contribution is 2.28.